The number of aliphatic hydroxyl groups is 2. The van der Waals surface area contributed by atoms with Gasteiger partial charge >= 0.3 is 35.5 Å². The summed E-state index contributed by atoms with van der Waals surface area (Å²) in [5, 5.41) is 26.1. The molecular formula is C13H27NaO4. The van der Waals surface area contributed by atoms with Crippen molar-refractivity contribution in [2.75, 3.05) is 6.61 Å². The standard InChI is InChI=1S/C13H26O4.Na.H/c14-11-9-7-5-3-1-2-4-6-8-10-12(15)13(16)17;;/h12,14-15H,1-11H2,(H,16,17);;. The first kappa shape index (κ1) is 20.7. The van der Waals surface area contributed by atoms with Crippen molar-refractivity contribution in [1.82, 2.24) is 0 Å². The summed E-state index contributed by atoms with van der Waals surface area (Å²) in [6.07, 6.45) is 8.92. The minimum absolute atomic E-state index is 0. The van der Waals surface area contributed by atoms with Gasteiger partial charge in [-0.1, -0.05) is 51.4 Å². The number of carboxylic acids is 1. The van der Waals surface area contributed by atoms with Crippen LogP contribution in [0, 0.1) is 0 Å². The molecule has 0 aromatic rings. The van der Waals surface area contributed by atoms with Crippen LogP contribution < -0.4 is 0 Å². The topological polar surface area (TPSA) is 77.8 Å². The molecule has 0 aliphatic carbocycles. The summed E-state index contributed by atoms with van der Waals surface area (Å²) < 4.78 is 0. The molecule has 0 bridgehead atoms. The van der Waals surface area contributed by atoms with Gasteiger partial charge in [-0.15, -0.1) is 0 Å². The van der Waals surface area contributed by atoms with Gasteiger partial charge < -0.3 is 15.3 Å². The van der Waals surface area contributed by atoms with Crippen molar-refractivity contribution in [2.24, 2.45) is 0 Å². The molecule has 0 radical (unpaired) electrons. The van der Waals surface area contributed by atoms with Crippen LogP contribution in [0.15, 0.2) is 0 Å². The van der Waals surface area contributed by atoms with E-state index >= 15 is 0 Å². The quantitative estimate of drug-likeness (QED) is 0.372. The van der Waals surface area contributed by atoms with Gasteiger partial charge in [0.1, 0.15) is 0 Å². The van der Waals surface area contributed by atoms with E-state index in [4.69, 9.17) is 15.3 Å². The Bertz CT molecular complexity index is 188. The van der Waals surface area contributed by atoms with Gasteiger partial charge in [0.25, 0.3) is 0 Å². The molecule has 0 aromatic heterocycles. The van der Waals surface area contributed by atoms with Crippen LogP contribution in [0.3, 0.4) is 0 Å². The Balaban J connectivity index is 0. The van der Waals surface area contributed by atoms with Crippen molar-refractivity contribution >= 4 is 35.5 Å². The number of hydrogen-bond acceptors (Lipinski definition) is 3. The molecule has 0 saturated heterocycles. The van der Waals surface area contributed by atoms with Gasteiger partial charge in [-0.3, -0.25) is 0 Å². The number of aliphatic hydroxyl groups excluding tert-OH is 2. The van der Waals surface area contributed by atoms with Crippen molar-refractivity contribution in [1.29, 1.82) is 0 Å². The summed E-state index contributed by atoms with van der Waals surface area (Å²) in [7, 11) is 0. The number of aliphatic carboxylic acids is 1. The number of rotatable bonds is 12. The molecule has 5 heteroatoms. The molecule has 0 aromatic carbocycles. The SMILES string of the molecule is O=C(O)C(O)CCCCCCCCCCCO.[NaH]. The normalized spacial score (nSPS) is 11.9. The first-order valence-corrected chi connectivity index (χ1v) is 6.70. The molecule has 0 fully saturated rings. The Morgan fingerprint density at radius 1 is 0.833 bits per heavy atom. The first-order chi connectivity index (χ1) is 8.18. The monoisotopic (exact) mass is 270 g/mol. The van der Waals surface area contributed by atoms with Gasteiger partial charge in [-0.25, -0.2) is 4.79 Å². The minimum atomic E-state index is -1.19. The zero-order valence-electron chi connectivity index (χ0n) is 10.6. The first-order valence-electron chi connectivity index (χ1n) is 6.70. The fourth-order valence-corrected chi connectivity index (χ4v) is 1.81. The molecule has 104 valence electrons. The molecule has 4 nitrogen and oxygen atoms in total. The predicted octanol–water partition coefficient (Wildman–Crippen LogP) is 1.68. The number of carboxylic acid groups (broad SMARTS) is 1. The third-order valence-electron chi connectivity index (χ3n) is 2.92. The molecule has 0 saturated carbocycles. The number of hydrogen-bond donors (Lipinski definition) is 3. The van der Waals surface area contributed by atoms with Crippen molar-refractivity contribution in [2.45, 2.75) is 70.3 Å². The zero-order chi connectivity index (χ0) is 12.9. The van der Waals surface area contributed by atoms with E-state index in [1.807, 2.05) is 0 Å². The summed E-state index contributed by atoms with van der Waals surface area (Å²) in [5.74, 6) is -1.12. The molecule has 0 aliphatic rings. The van der Waals surface area contributed by atoms with Crippen molar-refractivity contribution in [3.05, 3.63) is 0 Å². The van der Waals surface area contributed by atoms with Gasteiger partial charge in [-0.2, -0.15) is 0 Å². The molecular weight excluding hydrogens is 243 g/mol. The van der Waals surface area contributed by atoms with Crippen LogP contribution in [0.4, 0.5) is 0 Å². The van der Waals surface area contributed by atoms with Gasteiger partial charge in [0.05, 0.1) is 0 Å². The Labute approximate surface area is 132 Å². The van der Waals surface area contributed by atoms with Gasteiger partial charge in [-0.05, 0) is 12.8 Å². The summed E-state index contributed by atoms with van der Waals surface area (Å²) in [6, 6.07) is 0. The summed E-state index contributed by atoms with van der Waals surface area (Å²) in [5.41, 5.74) is 0. The van der Waals surface area contributed by atoms with Crippen molar-refractivity contribution in [3.63, 3.8) is 0 Å². The Morgan fingerprint density at radius 3 is 1.61 bits per heavy atom. The van der Waals surface area contributed by atoms with Crippen LogP contribution >= 0.6 is 0 Å². The van der Waals surface area contributed by atoms with Crippen molar-refractivity contribution < 1.29 is 20.1 Å². The van der Waals surface area contributed by atoms with Crippen LogP contribution in [0.5, 0.6) is 0 Å². The third-order valence-corrected chi connectivity index (χ3v) is 2.92. The van der Waals surface area contributed by atoms with Crippen LogP contribution in [0.2, 0.25) is 0 Å². The second kappa shape index (κ2) is 15.4. The Kier molecular flexibility index (Phi) is 17.8. The Morgan fingerprint density at radius 2 is 1.22 bits per heavy atom. The third kappa shape index (κ3) is 14.5. The van der Waals surface area contributed by atoms with Crippen LogP contribution in [0.25, 0.3) is 0 Å². The van der Waals surface area contributed by atoms with Crippen LogP contribution in [-0.4, -0.2) is 63.6 Å². The summed E-state index contributed by atoms with van der Waals surface area (Å²) in [4.78, 5) is 10.3. The molecule has 1 unspecified atom stereocenters. The molecule has 0 heterocycles. The average molecular weight is 270 g/mol. The molecule has 3 N–H and O–H groups in total. The van der Waals surface area contributed by atoms with Gasteiger partial charge in [0.2, 0.25) is 0 Å². The zero-order valence-corrected chi connectivity index (χ0v) is 10.6. The van der Waals surface area contributed by atoms with E-state index in [1.165, 1.54) is 25.7 Å². The second-order valence-electron chi connectivity index (χ2n) is 4.55. The van der Waals surface area contributed by atoms with Crippen molar-refractivity contribution in [3.8, 4) is 0 Å². The molecule has 0 amide bonds. The van der Waals surface area contributed by atoms with E-state index in [-0.39, 0.29) is 29.6 Å². The summed E-state index contributed by atoms with van der Waals surface area (Å²) >= 11 is 0. The predicted molar refractivity (Wildman–Crippen MR) is 74.0 cm³/mol. The Hall–Kier alpha value is 0.390. The summed E-state index contributed by atoms with van der Waals surface area (Å²) in [6.45, 7) is 0.298. The van der Waals surface area contributed by atoms with E-state index in [2.05, 4.69) is 0 Å². The van der Waals surface area contributed by atoms with E-state index in [9.17, 15) is 4.79 Å². The number of unbranched alkanes of at least 4 members (excludes halogenated alkanes) is 8. The maximum atomic E-state index is 10.3. The fourth-order valence-electron chi connectivity index (χ4n) is 1.81. The molecule has 0 spiro atoms. The fraction of sp³-hybridized carbons (Fsp3) is 0.923. The molecule has 0 aliphatic heterocycles. The van der Waals surface area contributed by atoms with Gasteiger partial charge in [0, 0.05) is 6.61 Å². The van der Waals surface area contributed by atoms with E-state index in [0.717, 1.165) is 32.1 Å². The van der Waals surface area contributed by atoms with Crippen LogP contribution in [-0.2, 0) is 4.79 Å². The maximum absolute atomic E-state index is 10.3. The molecule has 0 rings (SSSR count). The molecule has 18 heavy (non-hydrogen) atoms. The average Bonchev–Trinajstić information content (AvgIpc) is 2.31. The molecule has 1 atom stereocenters. The van der Waals surface area contributed by atoms with Crippen LogP contribution in [0.1, 0.15) is 64.2 Å². The van der Waals surface area contributed by atoms with E-state index in [1.54, 1.807) is 0 Å². The van der Waals surface area contributed by atoms with E-state index < -0.39 is 12.1 Å². The second-order valence-corrected chi connectivity index (χ2v) is 4.55. The number of carbonyl (C=O) groups is 1. The van der Waals surface area contributed by atoms with E-state index in [0.29, 0.717) is 13.0 Å². The van der Waals surface area contributed by atoms with Gasteiger partial charge in [0.15, 0.2) is 6.10 Å².